The maximum Gasteiger partial charge on any atom is 0.267 e. The van der Waals surface area contributed by atoms with Crippen LogP contribution < -0.4 is 9.64 Å². The van der Waals surface area contributed by atoms with Crippen molar-refractivity contribution in [1.82, 2.24) is 4.90 Å². The number of carbonyl (C=O) groups excluding carboxylic acids is 2. The highest BCUT2D eigenvalue weighted by Gasteiger charge is 2.33. The number of ether oxygens (including phenoxy) is 1. The predicted octanol–water partition coefficient (Wildman–Crippen LogP) is 3.69. The zero-order chi connectivity index (χ0) is 19.7. The molecule has 6 heteroatoms. The van der Waals surface area contributed by atoms with E-state index in [-0.39, 0.29) is 30.1 Å². The summed E-state index contributed by atoms with van der Waals surface area (Å²) >= 11 is 0. The zero-order valence-electron chi connectivity index (χ0n) is 15.8. The number of hydrogen-bond acceptors (Lipinski definition) is 3. The van der Waals surface area contributed by atoms with Crippen LogP contribution in [-0.4, -0.2) is 35.9 Å². The van der Waals surface area contributed by atoms with Crippen LogP contribution in [-0.2, 0) is 9.59 Å². The Morgan fingerprint density at radius 3 is 2.71 bits per heavy atom. The highest BCUT2D eigenvalue weighted by molar-refractivity contribution is 6.00. The van der Waals surface area contributed by atoms with E-state index in [9.17, 15) is 14.0 Å². The normalized spacial score (nSPS) is 21.4. The minimum absolute atomic E-state index is 0.0104. The molecule has 146 valence electrons. The molecule has 2 aromatic rings. The summed E-state index contributed by atoms with van der Waals surface area (Å²) in [5, 5.41) is 0. The van der Waals surface area contributed by atoms with Crippen molar-refractivity contribution in [3.63, 3.8) is 0 Å². The van der Waals surface area contributed by atoms with Crippen LogP contribution in [0.25, 0.3) is 0 Å². The van der Waals surface area contributed by atoms with Crippen LogP contribution in [0.1, 0.15) is 37.8 Å². The van der Waals surface area contributed by atoms with Gasteiger partial charge in [0.25, 0.3) is 5.91 Å². The average molecular weight is 382 g/mol. The molecule has 0 saturated carbocycles. The Labute approximate surface area is 163 Å². The number of rotatable bonds is 4. The number of hydrogen-bond donors (Lipinski definition) is 0. The first-order valence-electron chi connectivity index (χ1n) is 9.66. The molecule has 2 unspecified atom stereocenters. The second kappa shape index (κ2) is 7.62. The Morgan fingerprint density at radius 1 is 1.18 bits per heavy atom. The number of fused-ring (bicyclic) bond motifs is 1. The SMILES string of the molecule is CC1Oc2ccccc2N(CCC(=O)N2CCCC2c2ccc(F)cc2)C1=O. The van der Waals surface area contributed by atoms with Crippen molar-refractivity contribution in [2.45, 2.75) is 38.3 Å². The summed E-state index contributed by atoms with van der Waals surface area (Å²) in [4.78, 5) is 29.0. The molecule has 28 heavy (non-hydrogen) atoms. The van der Waals surface area contributed by atoms with E-state index < -0.39 is 6.10 Å². The smallest absolute Gasteiger partial charge is 0.267 e. The molecule has 4 rings (SSSR count). The van der Waals surface area contributed by atoms with Gasteiger partial charge in [-0.2, -0.15) is 0 Å². The summed E-state index contributed by atoms with van der Waals surface area (Å²) in [6.07, 6.45) is 1.46. The van der Waals surface area contributed by atoms with E-state index in [0.29, 0.717) is 24.5 Å². The van der Waals surface area contributed by atoms with Crippen molar-refractivity contribution in [3.05, 3.63) is 59.9 Å². The van der Waals surface area contributed by atoms with Gasteiger partial charge in [0.15, 0.2) is 6.10 Å². The van der Waals surface area contributed by atoms with Crippen molar-refractivity contribution in [2.24, 2.45) is 0 Å². The summed E-state index contributed by atoms with van der Waals surface area (Å²) in [5.41, 5.74) is 1.66. The fourth-order valence-electron chi connectivity index (χ4n) is 4.04. The van der Waals surface area contributed by atoms with E-state index in [4.69, 9.17) is 4.74 Å². The lowest BCUT2D eigenvalue weighted by molar-refractivity contribution is -0.132. The molecular formula is C22H23FN2O3. The molecule has 1 saturated heterocycles. The Hall–Kier alpha value is -2.89. The molecule has 0 radical (unpaired) electrons. The van der Waals surface area contributed by atoms with Crippen molar-refractivity contribution < 1.29 is 18.7 Å². The number of benzene rings is 2. The van der Waals surface area contributed by atoms with Gasteiger partial charge >= 0.3 is 0 Å². The third kappa shape index (κ3) is 3.46. The maximum absolute atomic E-state index is 13.2. The van der Waals surface area contributed by atoms with Crippen LogP contribution in [0.4, 0.5) is 10.1 Å². The Kier molecular flexibility index (Phi) is 5.03. The standard InChI is InChI=1S/C22H23FN2O3/c1-15-22(27)25(19-5-2-3-7-20(19)28-15)14-12-21(26)24-13-4-6-18(24)16-8-10-17(23)11-9-16/h2-3,5,7-11,15,18H,4,6,12-14H2,1H3. The molecule has 0 aliphatic carbocycles. The first-order valence-corrected chi connectivity index (χ1v) is 9.66. The van der Waals surface area contributed by atoms with E-state index in [1.54, 1.807) is 24.0 Å². The van der Waals surface area contributed by atoms with Crippen LogP contribution >= 0.6 is 0 Å². The first-order chi connectivity index (χ1) is 13.5. The third-order valence-corrected chi connectivity index (χ3v) is 5.45. The average Bonchev–Trinajstić information content (AvgIpc) is 3.19. The number of anilines is 1. The monoisotopic (exact) mass is 382 g/mol. The molecule has 2 amide bonds. The van der Waals surface area contributed by atoms with Gasteiger partial charge in [0.2, 0.25) is 5.91 Å². The summed E-state index contributed by atoms with van der Waals surface area (Å²) in [7, 11) is 0. The fourth-order valence-corrected chi connectivity index (χ4v) is 4.04. The molecule has 2 aliphatic heterocycles. The van der Waals surface area contributed by atoms with Crippen molar-refractivity contribution in [3.8, 4) is 5.75 Å². The van der Waals surface area contributed by atoms with Gasteiger partial charge in [-0.15, -0.1) is 0 Å². The Balaban J connectivity index is 1.46. The molecule has 2 heterocycles. The number of likely N-dealkylation sites (tertiary alicyclic amines) is 1. The second-order valence-corrected chi connectivity index (χ2v) is 7.26. The molecule has 0 bridgehead atoms. The van der Waals surface area contributed by atoms with E-state index in [2.05, 4.69) is 0 Å². The van der Waals surface area contributed by atoms with Crippen molar-refractivity contribution >= 4 is 17.5 Å². The first kappa shape index (κ1) is 18.5. The molecule has 0 spiro atoms. The minimum Gasteiger partial charge on any atom is -0.479 e. The number of para-hydroxylation sites is 2. The van der Waals surface area contributed by atoms with Gasteiger partial charge in [-0.25, -0.2) is 4.39 Å². The molecule has 2 atom stereocenters. The van der Waals surface area contributed by atoms with Crippen molar-refractivity contribution in [2.75, 3.05) is 18.0 Å². The van der Waals surface area contributed by atoms with E-state index in [1.807, 2.05) is 29.2 Å². The largest absolute Gasteiger partial charge is 0.479 e. The maximum atomic E-state index is 13.2. The van der Waals surface area contributed by atoms with Gasteiger partial charge in [0.05, 0.1) is 11.7 Å². The van der Waals surface area contributed by atoms with Crippen LogP contribution in [0.15, 0.2) is 48.5 Å². The zero-order valence-corrected chi connectivity index (χ0v) is 15.8. The molecule has 5 nitrogen and oxygen atoms in total. The van der Waals surface area contributed by atoms with Gasteiger partial charge in [0.1, 0.15) is 11.6 Å². The van der Waals surface area contributed by atoms with Crippen LogP contribution in [0, 0.1) is 5.82 Å². The molecule has 2 aliphatic rings. The molecule has 1 fully saturated rings. The second-order valence-electron chi connectivity index (χ2n) is 7.26. The van der Waals surface area contributed by atoms with Gasteiger partial charge in [-0.05, 0) is 49.6 Å². The van der Waals surface area contributed by atoms with Crippen LogP contribution in [0.2, 0.25) is 0 Å². The summed E-state index contributed by atoms with van der Waals surface area (Å²) in [6, 6.07) is 13.7. The van der Waals surface area contributed by atoms with E-state index in [0.717, 1.165) is 18.4 Å². The fraction of sp³-hybridized carbons (Fsp3) is 0.364. The van der Waals surface area contributed by atoms with Gasteiger partial charge < -0.3 is 14.5 Å². The van der Waals surface area contributed by atoms with Gasteiger partial charge in [-0.3, -0.25) is 9.59 Å². The topological polar surface area (TPSA) is 49.9 Å². The Bertz CT molecular complexity index is 884. The molecular weight excluding hydrogens is 359 g/mol. The molecule has 2 aromatic carbocycles. The third-order valence-electron chi connectivity index (χ3n) is 5.45. The van der Waals surface area contributed by atoms with Gasteiger partial charge in [-0.1, -0.05) is 24.3 Å². The summed E-state index contributed by atoms with van der Waals surface area (Å²) in [6.45, 7) is 2.72. The van der Waals surface area contributed by atoms with Crippen LogP contribution in [0.3, 0.4) is 0 Å². The quantitative estimate of drug-likeness (QED) is 0.810. The minimum atomic E-state index is -0.566. The highest BCUT2D eigenvalue weighted by atomic mass is 19.1. The highest BCUT2D eigenvalue weighted by Crippen LogP contribution is 2.35. The van der Waals surface area contributed by atoms with Gasteiger partial charge in [0, 0.05) is 19.5 Å². The Morgan fingerprint density at radius 2 is 1.93 bits per heavy atom. The number of carbonyl (C=O) groups is 2. The lowest BCUT2D eigenvalue weighted by atomic mass is 10.0. The van der Waals surface area contributed by atoms with Crippen molar-refractivity contribution in [1.29, 1.82) is 0 Å². The summed E-state index contributed by atoms with van der Waals surface area (Å²) < 4.78 is 18.9. The number of nitrogens with zero attached hydrogens (tertiary/aromatic N) is 2. The van der Waals surface area contributed by atoms with E-state index >= 15 is 0 Å². The van der Waals surface area contributed by atoms with E-state index in [1.165, 1.54) is 12.1 Å². The molecule has 0 aromatic heterocycles. The summed E-state index contributed by atoms with van der Waals surface area (Å²) in [5.74, 6) is 0.255. The molecule has 0 N–H and O–H groups in total. The lowest BCUT2D eigenvalue weighted by Crippen LogP contribution is -2.46. The predicted molar refractivity (Wildman–Crippen MR) is 104 cm³/mol. The number of amides is 2. The van der Waals surface area contributed by atoms with Crippen LogP contribution in [0.5, 0.6) is 5.75 Å². The number of halogens is 1. The lowest BCUT2D eigenvalue weighted by Gasteiger charge is -2.33.